The predicted molar refractivity (Wildman–Crippen MR) is 58.7 cm³/mol. The van der Waals surface area contributed by atoms with Gasteiger partial charge in [-0.25, -0.2) is 0 Å². The Hall–Kier alpha value is -1.03. The topological polar surface area (TPSA) is 9.23 Å². The van der Waals surface area contributed by atoms with Gasteiger partial charge in [0.25, 0.3) is 0 Å². The molecule has 0 radical (unpaired) electrons. The van der Waals surface area contributed by atoms with Crippen LogP contribution < -0.4 is 0 Å². The smallest absolute Gasteiger partial charge is 0.380 e. The number of methoxy groups -OCH3 is 1. The molecule has 0 aromatic heterocycles. The average Bonchev–Trinajstić information content (AvgIpc) is 2.16. The Balaban J connectivity index is 2.37. The zero-order valence-corrected chi connectivity index (χ0v) is 9.68. The lowest BCUT2D eigenvalue weighted by atomic mass is 9.78. The minimum absolute atomic E-state index is 0.0863. The van der Waals surface area contributed by atoms with Crippen molar-refractivity contribution in [1.82, 2.24) is 0 Å². The van der Waals surface area contributed by atoms with E-state index in [9.17, 15) is 13.2 Å². The van der Waals surface area contributed by atoms with Gasteiger partial charge in [0.1, 0.15) is 0 Å². The Morgan fingerprint density at radius 3 is 2.47 bits per heavy atom. The SMILES string of the molecule is COCc1ccc(C2CCC2)c(C(F)(F)F)c1. The fraction of sp³-hybridized carbons (Fsp3) is 0.538. The maximum Gasteiger partial charge on any atom is 0.416 e. The summed E-state index contributed by atoms with van der Waals surface area (Å²) in [5, 5.41) is 0. The monoisotopic (exact) mass is 244 g/mol. The molecule has 0 bridgehead atoms. The molecule has 1 aromatic carbocycles. The molecule has 0 aliphatic heterocycles. The highest BCUT2D eigenvalue weighted by molar-refractivity contribution is 5.37. The van der Waals surface area contributed by atoms with E-state index >= 15 is 0 Å². The zero-order valence-electron chi connectivity index (χ0n) is 9.68. The summed E-state index contributed by atoms with van der Waals surface area (Å²) in [5.74, 6) is 0.0863. The molecule has 1 saturated carbocycles. The second-order valence-electron chi connectivity index (χ2n) is 4.48. The van der Waals surface area contributed by atoms with Crippen molar-refractivity contribution in [1.29, 1.82) is 0 Å². The van der Waals surface area contributed by atoms with Crippen molar-refractivity contribution in [3.63, 3.8) is 0 Å². The normalized spacial score (nSPS) is 16.9. The Morgan fingerprint density at radius 1 is 1.29 bits per heavy atom. The van der Waals surface area contributed by atoms with Crippen LogP contribution in [0.2, 0.25) is 0 Å². The van der Waals surface area contributed by atoms with Crippen molar-refractivity contribution in [2.24, 2.45) is 0 Å². The van der Waals surface area contributed by atoms with Crippen molar-refractivity contribution in [3.05, 3.63) is 34.9 Å². The van der Waals surface area contributed by atoms with Crippen LogP contribution in [0.3, 0.4) is 0 Å². The number of halogens is 3. The van der Waals surface area contributed by atoms with Crippen molar-refractivity contribution in [2.45, 2.75) is 38.0 Å². The number of ether oxygens (including phenoxy) is 1. The first-order chi connectivity index (χ1) is 8.02. The molecule has 1 fully saturated rings. The summed E-state index contributed by atoms with van der Waals surface area (Å²) in [6.45, 7) is 0.216. The lowest BCUT2D eigenvalue weighted by Crippen LogP contribution is -2.17. The second-order valence-corrected chi connectivity index (χ2v) is 4.48. The number of alkyl halides is 3. The van der Waals surface area contributed by atoms with Gasteiger partial charge in [0.15, 0.2) is 0 Å². The summed E-state index contributed by atoms with van der Waals surface area (Å²) in [7, 11) is 1.48. The Bertz CT molecular complexity index is 394. The summed E-state index contributed by atoms with van der Waals surface area (Å²) in [6, 6.07) is 4.56. The first kappa shape index (κ1) is 12.4. The van der Waals surface area contributed by atoms with Gasteiger partial charge in [-0.2, -0.15) is 13.2 Å². The van der Waals surface area contributed by atoms with Gasteiger partial charge in [-0.1, -0.05) is 18.6 Å². The highest BCUT2D eigenvalue weighted by atomic mass is 19.4. The molecular formula is C13H15F3O. The van der Waals surface area contributed by atoms with E-state index in [1.165, 1.54) is 13.2 Å². The minimum atomic E-state index is -4.27. The lowest BCUT2D eigenvalue weighted by molar-refractivity contribution is -0.138. The van der Waals surface area contributed by atoms with Crippen LogP contribution in [0, 0.1) is 0 Å². The molecule has 94 valence electrons. The molecule has 1 aliphatic rings. The van der Waals surface area contributed by atoms with E-state index < -0.39 is 11.7 Å². The van der Waals surface area contributed by atoms with Gasteiger partial charge in [0, 0.05) is 7.11 Å². The highest BCUT2D eigenvalue weighted by Crippen LogP contribution is 2.43. The third-order valence-electron chi connectivity index (χ3n) is 3.28. The van der Waals surface area contributed by atoms with Crippen molar-refractivity contribution in [2.75, 3.05) is 7.11 Å². The molecule has 0 spiro atoms. The molecule has 1 aromatic rings. The third-order valence-corrected chi connectivity index (χ3v) is 3.28. The first-order valence-electron chi connectivity index (χ1n) is 5.71. The summed E-state index contributed by atoms with van der Waals surface area (Å²) in [6.07, 6.45) is -1.50. The third kappa shape index (κ3) is 2.63. The highest BCUT2D eigenvalue weighted by Gasteiger charge is 2.36. The van der Waals surface area contributed by atoms with Gasteiger partial charge in [-0.05, 0) is 36.0 Å². The predicted octanol–water partition coefficient (Wildman–Crippen LogP) is 4.12. The molecule has 0 N–H and O–H groups in total. The number of hydrogen-bond acceptors (Lipinski definition) is 1. The Labute approximate surface area is 98.6 Å². The van der Waals surface area contributed by atoms with Crippen LogP contribution in [0.15, 0.2) is 18.2 Å². The van der Waals surface area contributed by atoms with E-state index in [1.807, 2.05) is 0 Å². The van der Waals surface area contributed by atoms with Crippen LogP contribution >= 0.6 is 0 Å². The first-order valence-corrected chi connectivity index (χ1v) is 5.71. The Morgan fingerprint density at radius 2 is 2.00 bits per heavy atom. The quantitative estimate of drug-likeness (QED) is 0.777. The van der Waals surface area contributed by atoms with E-state index in [-0.39, 0.29) is 12.5 Å². The van der Waals surface area contributed by atoms with E-state index in [0.29, 0.717) is 11.1 Å². The number of hydrogen-bond donors (Lipinski definition) is 0. The van der Waals surface area contributed by atoms with Crippen LogP contribution in [0.25, 0.3) is 0 Å². The van der Waals surface area contributed by atoms with Gasteiger partial charge in [-0.3, -0.25) is 0 Å². The fourth-order valence-electron chi connectivity index (χ4n) is 2.18. The zero-order chi connectivity index (χ0) is 12.5. The summed E-state index contributed by atoms with van der Waals surface area (Å²) >= 11 is 0. The van der Waals surface area contributed by atoms with Crippen LogP contribution in [-0.2, 0) is 17.5 Å². The van der Waals surface area contributed by atoms with Crippen molar-refractivity contribution < 1.29 is 17.9 Å². The van der Waals surface area contributed by atoms with E-state index in [1.54, 1.807) is 12.1 Å². The summed E-state index contributed by atoms with van der Waals surface area (Å²) < 4.78 is 43.7. The van der Waals surface area contributed by atoms with E-state index in [2.05, 4.69) is 0 Å². The number of rotatable bonds is 3. The molecule has 0 amide bonds. The molecule has 0 heterocycles. The van der Waals surface area contributed by atoms with Gasteiger partial charge in [-0.15, -0.1) is 0 Å². The van der Waals surface area contributed by atoms with Crippen molar-refractivity contribution >= 4 is 0 Å². The standard InChI is InChI=1S/C13H15F3O/c1-17-8-9-5-6-11(10-3-2-4-10)12(7-9)13(14,15)16/h5-7,10H,2-4,8H2,1H3. The second kappa shape index (κ2) is 4.69. The average molecular weight is 244 g/mol. The molecule has 4 heteroatoms. The van der Waals surface area contributed by atoms with Crippen LogP contribution in [0.1, 0.15) is 41.9 Å². The van der Waals surface area contributed by atoms with Crippen LogP contribution in [-0.4, -0.2) is 7.11 Å². The summed E-state index contributed by atoms with van der Waals surface area (Å²) in [5.41, 5.74) is 0.531. The maximum atomic E-state index is 12.9. The van der Waals surface area contributed by atoms with Gasteiger partial charge in [0.2, 0.25) is 0 Å². The molecule has 0 unspecified atom stereocenters. The fourth-order valence-corrected chi connectivity index (χ4v) is 2.18. The molecule has 0 saturated heterocycles. The summed E-state index contributed by atoms with van der Waals surface area (Å²) in [4.78, 5) is 0. The molecular weight excluding hydrogens is 229 g/mol. The maximum absolute atomic E-state index is 12.9. The molecule has 1 nitrogen and oxygen atoms in total. The lowest BCUT2D eigenvalue weighted by Gasteiger charge is -2.28. The Kier molecular flexibility index (Phi) is 3.43. The van der Waals surface area contributed by atoms with E-state index in [4.69, 9.17) is 4.74 Å². The van der Waals surface area contributed by atoms with Gasteiger partial charge >= 0.3 is 6.18 Å². The van der Waals surface area contributed by atoms with E-state index in [0.717, 1.165) is 19.3 Å². The van der Waals surface area contributed by atoms with Crippen molar-refractivity contribution in [3.8, 4) is 0 Å². The molecule has 2 rings (SSSR count). The van der Waals surface area contributed by atoms with Crippen LogP contribution in [0.5, 0.6) is 0 Å². The minimum Gasteiger partial charge on any atom is -0.380 e. The van der Waals surface area contributed by atoms with Crippen LogP contribution in [0.4, 0.5) is 13.2 Å². The molecule has 17 heavy (non-hydrogen) atoms. The van der Waals surface area contributed by atoms with Gasteiger partial charge < -0.3 is 4.74 Å². The van der Waals surface area contributed by atoms with Gasteiger partial charge in [0.05, 0.1) is 12.2 Å². The largest absolute Gasteiger partial charge is 0.416 e. The molecule has 1 aliphatic carbocycles. The number of benzene rings is 1. The molecule has 0 atom stereocenters.